The highest BCUT2D eigenvalue weighted by Crippen LogP contribution is 2.35. The van der Waals surface area contributed by atoms with Gasteiger partial charge < -0.3 is 14.7 Å². The molecule has 0 aliphatic carbocycles. The molecule has 0 radical (unpaired) electrons. The van der Waals surface area contributed by atoms with Crippen molar-refractivity contribution in [3.63, 3.8) is 0 Å². The van der Waals surface area contributed by atoms with E-state index in [0.29, 0.717) is 6.54 Å². The lowest BCUT2D eigenvalue weighted by Crippen LogP contribution is -2.53. The Hall–Kier alpha value is -1.05. The second-order valence-corrected chi connectivity index (χ2v) is 8.13. The molecule has 0 spiro atoms. The van der Waals surface area contributed by atoms with Crippen LogP contribution in [0, 0.1) is 0 Å². The van der Waals surface area contributed by atoms with E-state index in [1.807, 2.05) is 38.1 Å². The second-order valence-electron chi connectivity index (χ2n) is 5.52. The van der Waals surface area contributed by atoms with E-state index in [1.165, 1.54) is 11.8 Å². The zero-order valence-corrected chi connectivity index (χ0v) is 14.8. The van der Waals surface area contributed by atoms with Gasteiger partial charge in [-0.2, -0.15) is 0 Å². The number of carboxylic acids is 1. The van der Waals surface area contributed by atoms with Gasteiger partial charge in [-0.1, -0.05) is 15.9 Å². The first-order valence-corrected chi connectivity index (χ1v) is 8.49. The van der Waals surface area contributed by atoms with E-state index in [9.17, 15) is 9.59 Å². The molecule has 120 valence electrons. The zero-order valence-electron chi connectivity index (χ0n) is 12.4. The molecule has 1 N–H and O–H groups in total. The van der Waals surface area contributed by atoms with Crippen molar-refractivity contribution in [3.8, 4) is 0 Å². The molecule has 0 bridgehead atoms. The summed E-state index contributed by atoms with van der Waals surface area (Å²) in [5.74, 6) is -1.11. The summed E-state index contributed by atoms with van der Waals surface area (Å²) in [6, 6.07) is 7.75. The van der Waals surface area contributed by atoms with Crippen LogP contribution in [0.25, 0.3) is 0 Å². The molecule has 22 heavy (non-hydrogen) atoms. The molecule has 1 saturated heterocycles. The summed E-state index contributed by atoms with van der Waals surface area (Å²) < 4.78 is 5.47. The van der Waals surface area contributed by atoms with E-state index >= 15 is 0 Å². The van der Waals surface area contributed by atoms with Gasteiger partial charge in [-0.15, -0.1) is 11.8 Å². The first kappa shape index (κ1) is 17.3. The Morgan fingerprint density at radius 3 is 2.59 bits per heavy atom. The van der Waals surface area contributed by atoms with Gasteiger partial charge in [0.25, 0.3) is 0 Å². The van der Waals surface area contributed by atoms with Crippen LogP contribution in [0.5, 0.6) is 0 Å². The van der Waals surface area contributed by atoms with Crippen molar-refractivity contribution in [3.05, 3.63) is 28.7 Å². The molecule has 2 rings (SSSR count). The van der Waals surface area contributed by atoms with Gasteiger partial charge in [0.05, 0.1) is 17.9 Å². The first-order chi connectivity index (χ1) is 10.3. The molecule has 1 unspecified atom stereocenters. The van der Waals surface area contributed by atoms with Gasteiger partial charge in [0.2, 0.25) is 5.91 Å². The predicted molar refractivity (Wildman–Crippen MR) is 88.0 cm³/mol. The fraction of sp³-hybridized carbons (Fsp3) is 0.467. The summed E-state index contributed by atoms with van der Waals surface area (Å²) in [5.41, 5.74) is 0. The van der Waals surface area contributed by atoms with Gasteiger partial charge in [-0.3, -0.25) is 4.79 Å². The number of carboxylic acid groups (broad SMARTS) is 1. The Kier molecular flexibility index (Phi) is 5.52. The molecule has 1 aliphatic heterocycles. The van der Waals surface area contributed by atoms with Crippen molar-refractivity contribution in [2.75, 3.05) is 19.7 Å². The standard InChI is InChI=1S/C15H18BrNO4S/c1-15(2,22-11-5-3-10(16)4-6-11)14(20)17-7-8-21-12(9-17)13(18)19/h3-6,12H,7-9H2,1-2H3,(H,18,19). The SMILES string of the molecule is CC(C)(Sc1ccc(Br)cc1)C(=O)N1CCOC(C(=O)O)C1. The van der Waals surface area contributed by atoms with Crippen molar-refractivity contribution < 1.29 is 19.4 Å². The first-order valence-electron chi connectivity index (χ1n) is 6.88. The average molecular weight is 388 g/mol. The Labute approximate surface area is 142 Å². The number of nitrogens with zero attached hydrogens (tertiary/aromatic N) is 1. The zero-order chi connectivity index (χ0) is 16.3. The maximum absolute atomic E-state index is 12.7. The molecule has 1 amide bonds. The molecule has 1 atom stereocenters. The minimum atomic E-state index is -1.03. The van der Waals surface area contributed by atoms with Gasteiger partial charge in [0.1, 0.15) is 0 Å². The van der Waals surface area contributed by atoms with Crippen LogP contribution in [0.1, 0.15) is 13.8 Å². The minimum Gasteiger partial charge on any atom is -0.479 e. The number of thioether (sulfide) groups is 1. The molecule has 5 nitrogen and oxygen atoms in total. The second kappa shape index (κ2) is 7.02. The number of ether oxygens (including phenoxy) is 1. The Bertz CT molecular complexity index is 561. The van der Waals surface area contributed by atoms with Crippen LogP contribution in [-0.2, 0) is 14.3 Å². The van der Waals surface area contributed by atoms with E-state index in [-0.39, 0.29) is 19.1 Å². The number of halogens is 1. The number of morpholine rings is 1. The number of rotatable bonds is 4. The van der Waals surface area contributed by atoms with Crippen molar-refractivity contribution in [1.29, 1.82) is 0 Å². The third-order valence-electron chi connectivity index (χ3n) is 3.33. The van der Waals surface area contributed by atoms with E-state index in [4.69, 9.17) is 9.84 Å². The smallest absolute Gasteiger partial charge is 0.334 e. The normalized spacial score (nSPS) is 19.0. The summed E-state index contributed by atoms with van der Waals surface area (Å²) in [7, 11) is 0. The summed E-state index contributed by atoms with van der Waals surface area (Å²) >= 11 is 4.85. The van der Waals surface area contributed by atoms with E-state index in [2.05, 4.69) is 15.9 Å². The van der Waals surface area contributed by atoms with Gasteiger partial charge >= 0.3 is 5.97 Å². The molecule has 1 aliphatic rings. The highest BCUT2D eigenvalue weighted by atomic mass is 79.9. The van der Waals surface area contributed by atoms with Crippen molar-refractivity contribution >= 4 is 39.6 Å². The van der Waals surface area contributed by atoms with Crippen LogP contribution >= 0.6 is 27.7 Å². The maximum atomic E-state index is 12.7. The largest absolute Gasteiger partial charge is 0.479 e. The predicted octanol–water partition coefficient (Wildman–Crippen LogP) is 2.63. The summed E-state index contributed by atoms with van der Waals surface area (Å²) in [4.78, 5) is 26.3. The Morgan fingerprint density at radius 2 is 2.00 bits per heavy atom. The summed E-state index contributed by atoms with van der Waals surface area (Å²) in [5, 5.41) is 9.03. The van der Waals surface area contributed by atoms with E-state index in [1.54, 1.807) is 4.90 Å². The number of hydrogen-bond acceptors (Lipinski definition) is 4. The van der Waals surface area contributed by atoms with Gasteiger partial charge in [0, 0.05) is 15.9 Å². The monoisotopic (exact) mass is 387 g/mol. The Morgan fingerprint density at radius 1 is 1.36 bits per heavy atom. The highest BCUT2D eigenvalue weighted by molar-refractivity contribution is 9.10. The number of benzene rings is 1. The van der Waals surface area contributed by atoms with Crippen molar-refractivity contribution in [2.24, 2.45) is 0 Å². The summed E-state index contributed by atoms with van der Waals surface area (Å²) in [6.07, 6.45) is -0.939. The van der Waals surface area contributed by atoms with Gasteiger partial charge in [0.15, 0.2) is 6.10 Å². The molecule has 1 fully saturated rings. The highest BCUT2D eigenvalue weighted by Gasteiger charge is 2.37. The van der Waals surface area contributed by atoms with Crippen LogP contribution in [0.15, 0.2) is 33.6 Å². The van der Waals surface area contributed by atoms with Crippen molar-refractivity contribution in [1.82, 2.24) is 4.90 Å². The lowest BCUT2D eigenvalue weighted by atomic mass is 10.1. The summed E-state index contributed by atoms with van der Waals surface area (Å²) in [6.45, 7) is 4.48. The van der Waals surface area contributed by atoms with E-state index < -0.39 is 16.8 Å². The third-order valence-corrected chi connectivity index (χ3v) is 5.05. The van der Waals surface area contributed by atoms with Gasteiger partial charge in [-0.25, -0.2) is 4.79 Å². The molecule has 1 aromatic carbocycles. The Balaban J connectivity index is 2.06. The number of aliphatic carboxylic acids is 1. The number of carbonyl (C=O) groups excluding carboxylic acids is 1. The maximum Gasteiger partial charge on any atom is 0.334 e. The molecule has 7 heteroatoms. The van der Waals surface area contributed by atoms with Gasteiger partial charge in [-0.05, 0) is 38.1 Å². The fourth-order valence-electron chi connectivity index (χ4n) is 2.20. The topological polar surface area (TPSA) is 66.8 Å². The van der Waals surface area contributed by atoms with Crippen LogP contribution in [0.3, 0.4) is 0 Å². The van der Waals surface area contributed by atoms with Crippen LogP contribution in [0.2, 0.25) is 0 Å². The lowest BCUT2D eigenvalue weighted by Gasteiger charge is -2.36. The number of hydrogen-bond donors (Lipinski definition) is 1. The minimum absolute atomic E-state index is 0.0741. The van der Waals surface area contributed by atoms with Crippen LogP contribution < -0.4 is 0 Å². The average Bonchev–Trinajstić information content (AvgIpc) is 2.48. The van der Waals surface area contributed by atoms with Crippen LogP contribution in [0.4, 0.5) is 0 Å². The van der Waals surface area contributed by atoms with Crippen molar-refractivity contribution in [2.45, 2.75) is 29.6 Å². The molecular formula is C15H18BrNO4S. The quantitative estimate of drug-likeness (QED) is 0.804. The number of amides is 1. The fourth-order valence-corrected chi connectivity index (χ4v) is 3.55. The molecular weight excluding hydrogens is 370 g/mol. The van der Waals surface area contributed by atoms with E-state index in [0.717, 1.165) is 9.37 Å². The molecule has 1 heterocycles. The lowest BCUT2D eigenvalue weighted by molar-refractivity contribution is -0.159. The molecule has 0 saturated carbocycles. The third kappa shape index (κ3) is 4.24. The van der Waals surface area contributed by atoms with Crippen LogP contribution in [-0.4, -0.2) is 52.4 Å². The molecule has 0 aromatic heterocycles. The molecule has 1 aromatic rings. The number of carbonyl (C=O) groups is 2.